The lowest BCUT2D eigenvalue weighted by atomic mass is 10.2. The lowest BCUT2D eigenvalue weighted by Gasteiger charge is -2.31. The molecule has 1 aliphatic rings. The summed E-state index contributed by atoms with van der Waals surface area (Å²) in [5, 5.41) is 10.4. The van der Waals surface area contributed by atoms with Crippen LogP contribution in [-0.2, 0) is 14.8 Å². The minimum absolute atomic E-state index is 0.180. The van der Waals surface area contributed by atoms with Gasteiger partial charge in [-0.2, -0.15) is 5.26 Å². The van der Waals surface area contributed by atoms with Gasteiger partial charge in [-0.05, 0) is 18.6 Å². The molecule has 1 aromatic carbocycles. The predicted molar refractivity (Wildman–Crippen MR) is 71.0 cm³/mol. The second-order valence-electron chi connectivity index (χ2n) is 4.14. The number of nitriles is 1. The molecule has 0 bridgehead atoms. The van der Waals surface area contributed by atoms with Crippen molar-refractivity contribution >= 4 is 27.3 Å². The zero-order valence-electron chi connectivity index (χ0n) is 10.3. The smallest absolute Gasteiger partial charge is 0.252 e. The summed E-state index contributed by atoms with van der Waals surface area (Å²) in [7, 11) is -3.86. The van der Waals surface area contributed by atoms with Crippen molar-refractivity contribution in [2.24, 2.45) is 0 Å². The van der Waals surface area contributed by atoms with Gasteiger partial charge in [0, 0.05) is 0 Å². The number of nitrogens with one attached hydrogen (secondary N) is 1. The van der Waals surface area contributed by atoms with Crippen LogP contribution in [0.5, 0.6) is 0 Å². The van der Waals surface area contributed by atoms with Gasteiger partial charge in [0.25, 0.3) is 10.0 Å². The van der Waals surface area contributed by atoms with Gasteiger partial charge in [-0.15, -0.1) is 0 Å². The predicted octanol–water partition coefficient (Wildman–Crippen LogP) is 1.08. The van der Waals surface area contributed by atoms with Gasteiger partial charge in [0.1, 0.15) is 6.54 Å². The van der Waals surface area contributed by atoms with Crippen molar-refractivity contribution in [2.75, 3.05) is 16.2 Å². The first-order valence-corrected chi connectivity index (χ1v) is 7.31. The maximum Gasteiger partial charge on any atom is 0.252 e. The Bertz CT molecular complexity index is 648. The lowest BCUT2D eigenvalue weighted by molar-refractivity contribution is -0.115. The number of sulfonamides is 1. The SMILES string of the molecule is CCC(C#N)S(=O)(=O)N1CC(=O)Nc2ccccc21. The second-order valence-corrected chi connectivity index (χ2v) is 6.18. The molecule has 0 aromatic heterocycles. The van der Waals surface area contributed by atoms with Gasteiger partial charge in [0.2, 0.25) is 5.91 Å². The fourth-order valence-electron chi connectivity index (χ4n) is 1.95. The molecule has 19 heavy (non-hydrogen) atoms. The molecule has 1 unspecified atom stereocenters. The topological polar surface area (TPSA) is 90.3 Å². The van der Waals surface area contributed by atoms with Crippen molar-refractivity contribution in [3.63, 3.8) is 0 Å². The third kappa shape index (κ3) is 2.27. The van der Waals surface area contributed by atoms with Crippen LogP contribution < -0.4 is 9.62 Å². The van der Waals surface area contributed by atoms with E-state index in [9.17, 15) is 13.2 Å². The van der Waals surface area contributed by atoms with Gasteiger partial charge in [0.15, 0.2) is 5.25 Å². The zero-order valence-corrected chi connectivity index (χ0v) is 11.1. The number of hydrogen-bond acceptors (Lipinski definition) is 4. The molecule has 6 nitrogen and oxygen atoms in total. The first-order chi connectivity index (χ1) is 9.00. The van der Waals surface area contributed by atoms with Crippen LogP contribution in [0, 0.1) is 11.3 Å². The van der Waals surface area contributed by atoms with E-state index in [1.165, 1.54) is 0 Å². The Balaban J connectivity index is 2.52. The quantitative estimate of drug-likeness (QED) is 0.896. The normalized spacial score (nSPS) is 16.2. The van der Waals surface area contributed by atoms with Crippen molar-refractivity contribution in [3.05, 3.63) is 24.3 Å². The summed E-state index contributed by atoms with van der Waals surface area (Å²) >= 11 is 0. The van der Waals surface area contributed by atoms with Crippen LogP contribution in [0.25, 0.3) is 0 Å². The number of fused-ring (bicyclic) bond motifs is 1. The summed E-state index contributed by atoms with van der Waals surface area (Å²) in [5.74, 6) is -0.407. The molecule has 100 valence electrons. The van der Waals surface area contributed by atoms with E-state index in [-0.39, 0.29) is 13.0 Å². The van der Waals surface area contributed by atoms with Crippen molar-refractivity contribution in [1.29, 1.82) is 5.26 Å². The number of carbonyl (C=O) groups excluding carboxylic acids is 1. The number of anilines is 2. The molecule has 0 spiro atoms. The average Bonchev–Trinajstić information content (AvgIpc) is 2.38. The fraction of sp³-hybridized carbons (Fsp3) is 0.333. The van der Waals surface area contributed by atoms with E-state index < -0.39 is 21.2 Å². The molecule has 0 saturated heterocycles. The van der Waals surface area contributed by atoms with Crippen molar-refractivity contribution in [2.45, 2.75) is 18.6 Å². The molecule has 1 amide bonds. The first-order valence-electron chi connectivity index (χ1n) is 5.80. The Kier molecular flexibility index (Phi) is 3.44. The van der Waals surface area contributed by atoms with E-state index in [4.69, 9.17) is 5.26 Å². The molecule has 0 radical (unpaired) electrons. The first kappa shape index (κ1) is 13.4. The molecule has 0 fully saturated rings. The number of nitrogens with zero attached hydrogens (tertiary/aromatic N) is 2. The highest BCUT2D eigenvalue weighted by Gasteiger charge is 2.36. The monoisotopic (exact) mass is 279 g/mol. The third-order valence-electron chi connectivity index (χ3n) is 2.92. The Morgan fingerprint density at radius 3 is 2.79 bits per heavy atom. The van der Waals surface area contributed by atoms with Crippen LogP contribution in [0.15, 0.2) is 24.3 Å². The third-order valence-corrected chi connectivity index (χ3v) is 5.01. The minimum atomic E-state index is -3.86. The molecule has 2 rings (SSSR count). The molecule has 1 aliphatic heterocycles. The summed E-state index contributed by atoms with van der Waals surface area (Å²) in [6, 6.07) is 8.40. The summed E-state index contributed by atoms with van der Waals surface area (Å²) in [6.45, 7) is 1.33. The van der Waals surface area contributed by atoms with Crippen molar-refractivity contribution in [1.82, 2.24) is 0 Å². The molecule has 7 heteroatoms. The van der Waals surface area contributed by atoms with Gasteiger partial charge in [0.05, 0.1) is 17.4 Å². The largest absolute Gasteiger partial charge is 0.323 e. The summed E-state index contributed by atoms with van der Waals surface area (Å²) in [4.78, 5) is 11.6. The number of benzene rings is 1. The second kappa shape index (κ2) is 4.90. The molecule has 0 aliphatic carbocycles. The van der Waals surface area contributed by atoms with Crippen LogP contribution in [0.4, 0.5) is 11.4 Å². The number of rotatable bonds is 3. The highest BCUT2D eigenvalue weighted by atomic mass is 32.2. The van der Waals surface area contributed by atoms with Gasteiger partial charge in [-0.1, -0.05) is 19.1 Å². The molecule has 1 atom stereocenters. The van der Waals surface area contributed by atoms with Crippen molar-refractivity contribution < 1.29 is 13.2 Å². The molecule has 1 heterocycles. The molecular weight excluding hydrogens is 266 g/mol. The van der Waals surface area contributed by atoms with Gasteiger partial charge < -0.3 is 5.32 Å². The number of para-hydroxylation sites is 2. The van der Waals surface area contributed by atoms with Crippen LogP contribution in [0.1, 0.15) is 13.3 Å². The summed E-state index contributed by atoms with van der Waals surface area (Å²) < 4.78 is 25.8. The number of carbonyl (C=O) groups is 1. The van der Waals surface area contributed by atoms with Gasteiger partial charge >= 0.3 is 0 Å². The minimum Gasteiger partial charge on any atom is -0.323 e. The van der Waals surface area contributed by atoms with E-state index in [0.29, 0.717) is 11.4 Å². The fourth-order valence-corrected chi connectivity index (χ4v) is 3.54. The van der Waals surface area contributed by atoms with Gasteiger partial charge in [-0.25, -0.2) is 8.42 Å². The van der Waals surface area contributed by atoms with Crippen LogP contribution in [0.2, 0.25) is 0 Å². The maximum atomic E-state index is 12.4. The standard InChI is InChI=1S/C12H13N3O3S/c1-2-9(7-13)19(17,18)15-8-12(16)14-10-5-3-4-6-11(10)15/h3-6,9H,2,8H2,1H3,(H,14,16). The van der Waals surface area contributed by atoms with Crippen LogP contribution >= 0.6 is 0 Å². The zero-order chi connectivity index (χ0) is 14.0. The van der Waals surface area contributed by atoms with Crippen molar-refractivity contribution in [3.8, 4) is 6.07 Å². The summed E-state index contributed by atoms with van der Waals surface area (Å²) in [5.41, 5.74) is 0.839. The summed E-state index contributed by atoms with van der Waals surface area (Å²) in [6.07, 6.45) is 0.180. The van der Waals surface area contributed by atoms with E-state index in [1.54, 1.807) is 37.3 Å². The van der Waals surface area contributed by atoms with E-state index in [1.807, 2.05) is 0 Å². The van der Waals surface area contributed by atoms with E-state index >= 15 is 0 Å². The Morgan fingerprint density at radius 2 is 2.16 bits per heavy atom. The maximum absolute atomic E-state index is 12.4. The van der Waals surface area contributed by atoms with E-state index in [2.05, 4.69) is 5.32 Å². The molecule has 0 saturated carbocycles. The highest BCUT2D eigenvalue weighted by molar-refractivity contribution is 7.93. The van der Waals surface area contributed by atoms with Crippen LogP contribution in [-0.4, -0.2) is 26.1 Å². The number of hydrogen-bond donors (Lipinski definition) is 1. The van der Waals surface area contributed by atoms with Crippen LogP contribution in [0.3, 0.4) is 0 Å². The highest BCUT2D eigenvalue weighted by Crippen LogP contribution is 2.32. The van der Waals surface area contributed by atoms with Gasteiger partial charge in [-0.3, -0.25) is 9.10 Å². The Morgan fingerprint density at radius 1 is 1.47 bits per heavy atom. The number of amides is 1. The lowest BCUT2D eigenvalue weighted by Crippen LogP contribution is -2.45. The molecule has 1 aromatic rings. The Labute approximate surface area is 111 Å². The van der Waals surface area contributed by atoms with E-state index in [0.717, 1.165) is 4.31 Å². The Hall–Kier alpha value is -2.07. The molecular formula is C12H13N3O3S. The average molecular weight is 279 g/mol. The molecule has 1 N–H and O–H groups in total.